The maximum atomic E-state index is 13.6. The molecule has 0 saturated carbocycles. The molecule has 0 spiro atoms. The van der Waals surface area contributed by atoms with Crippen LogP contribution >= 0.6 is 0 Å². The van der Waals surface area contributed by atoms with Gasteiger partial charge in [0.25, 0.3) is 0 Å². The molecule has 2 atom stereocenters. The van der Waals surface area contributed by atoms with Crippen LogP contribution in [0.3, 0.4) is 0 Å². The average Bonchev–Trinajstić information content (AvgIpc) is 2.85. The van der Waals surface area contributed by atoms with Crippen molar-refractivity contribution in [1.82, 2.24) is 0 Å². The summed E-state index contributed by atoms with van der Waals surface area (Å²) in [5.74, 6) is -0.581. The molecule has 0 aromatic heterocycles. The molecule has 0 bridgehead atoms. The number of amides is 1. The van der Waals surface area contributed by atoms with Gasteiger partial charge in [0, 0.05) is 24.1 Å². The molecule has 1 aromatic carbocycles. The van der Waals surface area contributed by atoms with Crippen molar-refractivity contribution in [3.05, 3.63) is 29.6 Å². The van der Waals surface area contributed by atoms with Crippen LogP contribution in [0, 0.1) is 11.7 Å². The van der Waals surface area contributed by atoms with E-state index in [0.29, 0.717) is 23.8 Å². The van der Waals surface area contributed by atoms with Crippen LogP contribution in [0.15, 0.2) is 18.2 Å². The molecule has 1 amide bonds. The fraction of sp³-hybridized carbons (Fsp3) is 0.462. The summed E-state index contributed by atoms with van der Waals surface area (Å²) in [6, 6.07) is 4.17. The monoisotopic (exact) mass is 252 g/mol. The maximum Gasteiger partial charge on any atom is 0.248 e. The molecule has 1 fully saturated rings. The molecule has 1 saturated heterocycles. The van der Waals surface area contributed by atoms with E-state index in [2.05, 4.69) is 5.32 Å². The van der Waals surface area contributed by atoms with Crippen molar-refractivity contribution >= 4 is 11.6 Å². The minimum absolute atomic E-state index is 0.0881. The zero-order chi connectivity index (χ0) is 13.1. The average molecular weight is 252 g/mol. The van der Waals surface area contributed by atoms with Crippen LogP contribution in [-0.2, 0) is 4.74 Å². The van der Waals surface area contributed by atoms with Crippen molar-refractivity contribution in [2.75, 3.05) is 18.5 Å². The SMILES string of the molecule is CC(Nc1cc(C(N)=O)ccc1F)C1CCOC1. The molecule has 1 aliphatic rings. The van der Waals surface area contributed by atoms with Crippen LogP contribution in [0.2, 0.25) is 0 Å². The van der Waals surface area contributed by atoms with Crippen molar-refractivity contribution in [1.29, 1.82) is 0 Å². The Morgan fingerprint density at radius 2 is 2.39 bits per heavy atom. The van der Waals surface area contributed by atoms with E-state index in [4.69, 9.17) is 10.5 Å². The third-order valence-electron chi connectivity index (χ3n) is 3.31. The molecule has 1 heterocycles. The predicted octanol–water partition coefficient (Wildman–Crippen LogP) is 1.76. The van der Waals surface area contributed by atoms with Gasteiger partial charge in [-0.1, -0.05) is 0 Å². The van der Waals surface area contributed by atoms with Crippen LogP contribution in [0.4, 0.5) is 10.1 Å². The Labute approximate surface area is 105 Å². The van der Waals surface area contributed by atoms with E-state index in [1.54, 1.807) is 0 Å². The second kappa shape index (κ2) is 5.35. The summed E-state index contributed by atoms with van der Waals surface area (Å²) >= 11 is 0. The van der Waals surface area contributed by atoms with Crippen LogP contribution in [0.1, 0.15) is 23.7 Å². The van der Waals surface area contributed by atoms with Gasteiger partial charge in [0.1, 0.15) is 5.82 Å². The van der Waals surface area contributed by atoms with E-state index >= 15 is 0 Å². The first-order chi connectivity index (χ1) is 8.58. The van der Waals surface area contributed by atoms with Crippen molar-refractivity contribution in [3.63, 3.8) is 0 Å². The van der Waals surface area contributed by atoms with Crippen molar-refractivity contribution in [3.8, 4) is 0 Å². The topological polar surface area (TPSA) is 64.3 Å². The number of nitrogens with one attached hydrogen (secondary N) is 1. The summed E-state index contributed by atoms with van der Waals surface area (Å²) in [5.41, 5.74) is 5.79. The van der Waals surface area contributed by atoms with Gasteiger partial charge in [0.15, 0.2) is 0 Å². The number of nitrogens with two attached hydrogens (primary N) is 1. The fourth-order valence-electron chi connectivity index (χ4n) is 2.10. The summed E-state index contributed by atoms with van der Waals surface area (Å²) < 4.78 is 18.9. The van der Waals surface area contributed by atoms with Crippen molar-refractivity contribution in [2.45, 2.75) is 19.4 Å². The number of rotatable bonds is 4. The Morgan fingerprint density at radius 1 is 1.61 bits per heavy atom. The highest BCUT2D eigenvalue weighted by molar-refractivity contribution is 5.93. The molecule has 5 heteroatoms. The van der Waals surface area contributed by atoms with E-state index in [-0.39, 0.29) is 11.9 Å². The second-order valence-corrected chi connectivity index (χ2v) is 4.62. The number of ether oxygens (including phenoxy) is 1. The molecule has 2 unspecified atom stereocenters. The first kappa shape index (κ1) is 12.8. The first-order valence-electron chi connectivity index (χ1n) is 6.01. The molecular formula is C13H17FN2O2. The molecule has 1 aliphatic heterocycles. The van der Waals surface area contributed by atoms with Crippen LogP contribution in [0.5, 0.6) is 0 Å². The van der Waals surface area contributed by atoms with Gasteiger partial charge in [-0.15, -0.1) is 0 Å². The van der Waals surface area contributed by atoms with E-state index in [9.17, 15) is 9.18 Å². The van der Waals surface area contributed by atoms with Gasteiger partial charge >= 0.3 is 0 Å². The lowest BCUT2D eigenvalue weighted by Crippen LogP contribution is -2.26. The maximum absolute atomic E-state index is 13.6. The zero-order valence-corrected chi connectivity index (χ0v) is 10.3. The predicted molar refractivity (Wildman–Crippen MR) is 66.9 cm³/mol. The first-order valence-corrected chi connectivity index (χ1v) is 6.01. The van der Waals surface area contributed by atoms with Gasteiger partial charge in [-0.2, -0.15) is 0 Å². The lowest BCUT2D eigenvalue weighted by Gasteiger charge is -2.21. The molecular weight excluding hydrogens is 235 g/mol. The fourth-order valence-corrected chi connectivity index (χ4v) is 2.10. The Hall–Kier alpha value is -1.62. The van der Waals surface area contributed by atoms with Crippen molar-refractivity contribution in [2.24, 2.45) is 11.7 Å². The van der Waals surface area contributed by atoms with E-state index in [0.717, 1.165) is 13.0 Å². The standard InChI is InChI=1S/C13H17FN2O2/c1-8(10-4-5-18-7-10)16-12-6-9(13(15)17)2-3-11(12)14/h2-3,6,8,10,16H,4-5,7H2,1H3,(H2,15,17). The molecule has 2 rings (SSSR count). The highest BCUT2D eigenvalue weighted by Gasteiger charge is 2.23. The molecule has 98 valence electrons. The van der Waals surface area contributed by atoms with Gasteiger partial charge < -0.3 is 15.8 Å². The van der Waals surface area contributed by atoms with Gasteiger partial charge in [-0.25, -0.2) is 4.39 Å². The Bertz CT molecular complexity index is 445. The number of anilines is 1. The number of carbonyl (C=O) groups is 1. The normalized spacial score (nSPS) is 20.7. The minimum atomic E-state index is -0.560. The van der Waals surface area contributed by atoms with Gasteiger partial charge in [-0.3, -0.25) is 4.79 Å². The third kappa shape index (κ3) is 2.79. The van der Waals surface area contributed by atoms with Gasteiger partial charge in [-0.05, 0) is 31.5 Å². The molecule has 1 aromatic rings. The van der Waals surface area contributed by atoms with Gasteiger partial charge in [0.05, 0.1) is 12.3 Å². The zero-order valence-electron chi connectivity index (χ0n) is 10.3. The van der Waals surface area contributed by atoms with Crippen molar-refractivity contribution < 1.29 is 13.9 Å². The third-order valence-corrected chi connectivity index (χ3v) is 3.31. The molecule has 3 N–H and O–H groups in total. The highest BCUT2D eigenvalue weighted by Crippen LogP contribution is 2.22. The van der Waals surface area contributed by atoms with E-state index < -0.39 is 5.91 Å². The summed E-state index contributed by atoms with van der Waals surface area (Å²) in [6.45, 7) is 3.42. The van der Waals surface area contributed by atoms with Gasteiger partial charge in [0.2, 0.25) is 5.91 Å². The smallest absolute Gasteiger partial charge is 0.248 e. The minimum Gasteiger partial charge on any atom is -0.381 e. The van der Waals surface area contributed by atoms with Crippen LogP contribution in [0.25, 0.3) is 0 Å². The van der Waals surface area contributed by atoms with Crippen LogP contribution < -0.4 is 11.1 Å². The number of halogens is 1. The second-order valence-electron chi connectivity index (χ2n) is 4.62. The summed E-state index contributed by atoms with van der Waals surface area (Å²) in [5, 5.41) is 3.08. The Kier molecular flexibility index (Phi) is 3.81. The summed E-state index contributed by atoms with van der Waals surface area (Å²) in [4.78, 5) is 11.1. The lowest BCUT2D eigenvalue weighted by molar-refractivity contribution is 0.100. The Morgan fingerprint density at radius 3 is 3.00 bits per heavy atom. The molecule has 18 heavy (non-hydrogen) atoms. The molecule has 0 aliphatic carbocycles. The number of hydrogen-bond donors (Lipinski definition) is 2. The molecule has 4 nitrogen and oxygen atoms in total. The number of hydrogen-bond acceptors (Lipinski definition) is 3. The number of carbonyl (C=O) groups excluding carboxylic acids is 1. The Balaban J connectivity index is 2.12. The quantitative estimate of drug-likeness (QED) is 0.858. The van der Waals surface area contributed by atoms with E-state index in [1.807, 2.05) is 6.92 Å². The van der Waals surface area contributed by atoms with E-state index in [1.165, 1.54) is 18.2 Å². The summed E-state index contributed by atoms with van der Waals surface area (Å²) in [7, 11) is 0. The highest BCUT2D eigenvalue weighted by atomic mass is 19.1. The summed E-state index contributed by atoms with van der Waals surface area (Å²) in [6.07, 6.45) is 0.964. The number of benzene rings is 1. The molecule has 0 radical (unpaired) electrons. The largest absolute Gasteiger partial charge is 0.381 e. The van der Waals surface area contributed by atoms with Crippen LogP contribution in [-0.4, -0.2) is 25.2 Å². The number of primary amides is 1. The lowest BCUT2D eigenvalue weighted by atomic mass is 10.0.